The lowest BCUT2D eigenvalue weighted by atomic mass is 9.85. The molecular weight excluding hydrogens is 300 g/mol. The van der Waals surface area contributed by atoms with Crippen LogP contribution in [0.2, 0.25) is 0 Å². The normalized spacial score (nSPS) is 13.1. The van der Waals surface area contributed by atoms with E-state index < -0.39 is 0 Å². The molecule has 0 spiro atoms. The predicted molar refractivity (Wildman–Crippen MR) is 96.6 cm³/mol. The molecule has 0 fully saturated rings. The van der Waals surface area contributed by atoms with Crippen LogP contribution in [0.4, 0.5) is 5.69 Å². The van der Waals surface area contributed by atoms with Gasteiger partial charge in [0.1, 0.15) is 0 Å². The summed E-state index contributed by atoms with van der Waals surface area (Å²) in [5, 5.41) is 2.98. The van der Waals surface area contributed by atoms with E-state index in [-0.39, 0.29) is 30.1 Å². The summed E-state index contributed by atoms with van der Waals surface area (Å²) < 4.78 is 0. The van der Waals surface area contributed by atoms with Crippen molar-refractivity contribution in [3.63, 3.8) is 0 Å². The van der Waals surface area contributed by atoms with Crippen molar-refractivity contribution in [1.29, 1.82) is 0 Å². The third-order valence-corrected chi connectivity index (χ3v) is 4.25. The highest BCUT2D eigenvalue weighted by Crippen LogP contribution is 2.28. The third-order valence-electron chi connectivity index (χ3n) is 4.25. The molecule has 2 rings (SSSR count). The van der Waals surface area contributed by atoms with Crippen LogP contribution >= 0.6 is 0 Å². The molecule has 0 saturated carbocycles. The number of rotatable bonds is 7. The van der Waals surface area contributed by atoms with Crippen molar-refractivity contribution in [3.8, 4) is 0 Å². The van der Waals surface area contributed by atoms with E-state index in [1.54, 1.807) is 24.3 Å². The van der Waals surface area contributed by atoms with Gasteiger partial charge in [0.25, 0.3) is 0 Å². The number of primary amides is 1. The Kier molecular flexibility index (Phi) is 6.13. The molecular formula is C20H24N2O2. The van der Waals surface area contributed by atoms with Crippen LogP contribution in [-0.2, 0) is 16.0 Å². The van der Waals surface area contributed by atoms with E-state index in [0.717, 1.165) is 23.2 Å². The number of amides is 2. The zero-order valence-electron chi connectivity index (χ0n) is 14.2. The molecule has 2 atom stereocenters. The molecule has 0 radical (unpaired) electrons. The van der Waals surface area contributed by atoms with Crippen molar-refractivity contribution in [2.75, 3.05) is 5.32 Å². The maximum atomic E-state index is 12.8. The highest BCUT2D eigenvalue weighted by Gasteiger charge is 2.25. The molecule has 0 heterocycles. The minimum Gasteiger partial charge on any atom is -0.369 e. The first-order valence-corrected chi connectivity index (χ1v) is 8.24. The number of hydrogen-bond donors (Lipinski definition) is 2. The van der Waals surface area contributed by atoms with Crippen molar-refractivity contribution in [2.45, 2.75) is 32.6 Å². The van der Waals surface area contributed by atoms with Crippen molar-refractivity contribution >= 4 is 17.5 Å². The highest BCUT2D eigenvalue weighted by atomic mass is 16.2. The Balaban J connectivity index is 2.14. The van der Waals surface area contributed by atoms with Crippen molar-refractivity contribution < 1.29 is 9.59 Å². The lowest BCUT2D eigenvalue weighted by Gasteiger charge is -2.23. The van der Waals surface area contributed by atoms with Gasteiger partial charge < -0.3 is 11.1 Å². The van der Waals surface area contributed by atoms with E-state index in [9.17, 15) is 9.59 Å². The van der Waals surface area contributed by atoms with Gasteiger partial charge in [-0.1, -0.05) is 62.7 Å². The fourth-order valence-electron chi connectivity index (χ4n) is 2.76. The van der Waals surface area contributed by atoms with Crippen LogP contribution in [0.15, 0.2) is 54.6 Å². The lowest BCUT2D eigenvalue weighted by Crippen LogP contribution is -2.26. The van der Waals surface area contributed by atoms with E-state index in [0.29, 0.717) is 0 Å². The van der Waals surface area contributed by atoms with E-state index in [4.69, 9.17) is 5.73 Å². The second-order valence-corrected chi connectivity index (χ2v) is 6.10. The minimum atomic E-state index is -0.368. The molecule has 2 aromatic carbocycles. The first kappa shape index (κ1) is 17.7. The summed E-state index contributed by atoms with van der Waals surface area (Å²) in [4.78, 5) is 23.7. The Bertz CT molecular complexity index is 681. The zero-order valence-corrected chi connectivity index (χ0v) is 14.2. The second kappa shape index (κ2) is 8.29. The van der Waals surface area contributed by atoms with Crippen LogP contribution in [0.3, 0.4) is 0 Å². The minimum absolute atomic E-state index is 0.0156. The summed E-state index contributed by atoms with van der Waals surface area (Å²) in [5.74, 6) is -0.339. The smallest absolute Gasteiger partial charge is 0.232 e. The van der Waals surface area contributed by atoms with Gasteiger partial charge in [-0.3, -0.25) is 9.59 Å². The maximum absolute atomic E-state index is 12.8. The second-order valence-electron chi connectivity index (χ2n) is 6.10. The van der Waals surface area contributed by atoms with Gasteiger partial charge in [0.15, 0.2) is 0 Å². The van der Waals surface area contributed by atoms with Crippen molar-refractivity contribution in [2.24, 2.45) is 11.7 Å². The Labute approximate surface area is 143 Å². The average Bonchev–Trinajstić information content (AvgIpc) is 2.57. The number of hydrogen-bond acceptors (Lipinski definition) is 2. The number of nitrogens with two attached hydrogens (primary N) is 1. The highest BCUT2D eigenvalue weighted by molar-refractivity contribution is 5.96. The van der Waals surface area contributed by atoms with Gasteiger partial charge >= 0.3 is 0 Å². The molecule has 3 N–H and O–H groups in total. The van der Waals surface area contributed by atoms with Gasteiger partial charge in [0, 0.05) is 5.69 Å². The van der Waals surface area contributed by atoms with Crippen LogP contribution in [0.1, 0.15) is 37.3 Å². The molecule has 24 heavy (non-hydrogen) atoms. The summed E-state index contributed by atoms with van der Waals surface area (Å²) >= 11 is 0. The Morgan fingerprint density at radius 1 is 1.04 bits per heavy atom. The Morgan fingerprint density at radius 3 is 2.21 bits per heavy atom. The molecule has 4 nitrogen and oxygen atoms in total. The van der Waals surface area contributed by atoms with Gasteiger partial charge in [-0.15, -0.1) is 0 Å². The van der Waals surface area contributed by atoms with Crippen LogP contribution in [-0.4, -0.2) is 11.8 Å². The molecule has 4 heteroatoms. The van der Waals surface area contributed by atoms with Crippen molar-refractivity contribution in [1.82, 2.24) is 0 Å². The maximum Gasteiger partial charge on any atom is 0.232 e. The standard InChI is InChI=1S/C20H24N2O2/c1-3-14(2)19(16-7-5-4-6-8-16)20(24)22-17-11-9-15(10-12-17)13-18(21)23/h4-12,14,19H,3,13H2,1-2H3,(H2,21,23)(H,22,24)/t14-,19-/m1/s1. The lowest BCUT2D eigenvalue weighted by molar-refractivity contribution is -0.119. The molecule has 0 bridgehead atoms. The zero-order chi connectivity index (χ0) is 17.5. The fraction of sp³-hybridized carbons (Fsp3) is 0.300. The molecule has 0 unspecified atom stereocenters. The van der Waals surface area contributed by atoms with Gasteiger partial charge in [0.05, 0.1) is 12.3 Å². The van der Waals surface area contributed by atoms with E-state index in [2.05, 4.69) is 19.2 Å². The third kappa shape index (κ3) is 4.69. The van der Waals surface area contributed by atoms with E-state index in [1.807, 2.05) is 30.3 Å². The molecule has 2 amide bonds. The number of benzene rings is 2. The SMILES string of the molecule is CC[C@@H](C)[C@@H](C(=O)Nc1ccc(CC(N)=O)cc1)c1ccccc1. The summed E-state index contributed by atoms with van der Waals surface area (Å²) in [6.45, 7) is 4.18. The van der Waals surface area contributed by atoms with Crippen LogP contribution < -0.4 is 11.1 Å². The molecule has 0 aromatic heterocycles. The largest absolute Gasteiger partial charge is 0.369 e. The Hall–Kier alpha value is -2.62. The average molecular weight is 324 g/mol. The predicted octanol–water partition coefficient (Wildman–Crippen LogP) is 3.48. The first-order valence-electron chi connectivity index (χ1n) is 8.24. The number of carbonyl (C=O) groups is 2. The Morgan fingerprint density at radius 2 is 1.67 bits per heavy atom. The van der Waals surface area contributed by atoms with Gasteiger partial charge in [-0.2, -0.15) is 0 Å². The molecule has 2 aromatic rings. The molecule has 0 saturated heterocycles. The fourth-order valence-corrected chi connectivity index (χ4v) is 2.76. The van der Waals surface area contributed by atoms with Gasteiger partial charge in [-0.05, 0) is 29.2 Å². The summed E-state index contributed by atoms with van der Waals surface area (Å²) in [6.07, 6.45) is 1.12. The number of carbonyl (C=O) groups excluding carboxylic acids is 2. The van der Waals surface area contributed by atoms with Crippen LogP contribution in [0.5, 0.6) is 0 Å². The number of anilines is 1. The quantitative estimate of drug-likeness (QED) is 0.818. The molecule has 0 aliphatic carbocycles. The molecule has 126 valence electrons. The molecule has 0 aliphatic rings. The molecule has 0 aliphatic heterocycles. The summed E-state index contributed by atoms with van der Waals surface area (Å²) in [6, 6.07) is 17.1. The first-order chi connectivity index (χ1) is 11.5. The van der Waals surface area contributed by atoms with Crippen molar-refractivity contribution in [3.05, 3.63) is 65.7 Å². The number of nitrogens with one attached hydrogen (secondary N) is 1. The van der Waals surface area contributed by atoms with Gasteiger partial charge in [0.2, 0.25) is 11.8 Å². The van der Waals surface area contributed by atoms with Crippen LogP contribution in [0, 0.1) is 5.92 Å². The van der Waals surface area contributed by atoms with Gasteiger partial charge in [-0.25, -0.2) is 0 Å². The monoisotopic (exact) mass is 324 g/mol. The summed E-state index contributed by atoms with van der Waals surface area (Å²) in [5.41, 5.74) is 7.77. The van der Waals surface area contributed by atoms with Crippen LogP contribution in [0.25, 0.3) is 0 Å². The van der Waals surface area contributed by atoms with E-state index in [1.165, 1.54) is 0 Å². The van der Waals surface area contributed by atoms with E-state index >= 15 is 0 Å². The summed E-state index contributed by atoms with van der Waals surface area (Å²) in [7, 11) is 0. The topological polar surface area (TPSA) is 72.2 Å².